The van der Waals surface area contributed by atoms with E-state index in [0.717, 1.165) is 18.4 Å². The maximum Gasteiger partial charge on any atom is 0.262 e. The van der Waals surface area contributed by atoms with Crippen LogP contribution < -0.4 is 20.2 Å². The van der Waals surface area contributed by atoms with Crippen LogP contribution in [0.4, 0.5) is 0 Å². The lowest BCUT2D eigenvalue weighted by Gasteiger charge is -2.20. The van der Waals surface area contributed by atoms with Gasteiger partial charge in [0.15, 0.2) is 11.5 Å². The number of nitrogens with zero attached hydrogens (tertiary/aromatic N) is 1. The standard InChI is InChI=1S/C25H31Cl2N3O4/c1-5-7-12-34-21-11-8-17(13-22(21)33-6-2)15-28-30-25(32)23(16(3)4)29-24(31)19-10-9-18(26)14-20(19)27/h8-11,13-16,23H,5-7,12H2,1-4H3,(H,29,31)(H,30,32). The Morgan fingerprint density at radius 3 is 2.47 bits per heavy atom. The van der Waals surface area contributed by atoms with E-state index in [1.807, 2.05) is 32.9 Å². The molecule has 1 unspecified atom stereocenters. The number of hydrogen-bond donors (Lipinski definition) is 2. The topological polar surface area (TPSA) is 89.0 Å². The van der Waals surface area contributed by atoms with Crippen molar-refractivity contribution >= 4 is 41.2 Å². The van der Waals surface area contributed by atoms with Crippen molar-refractivity contribution in [1.29, 1.82) is 0 Å². The Hall–Kier alpha value is -2.77. The number of nitrogens with one attached hydrogen (secondary N) is 2. The van der Waals surface area contributed by atoms with Gasteiger partial charge in [-0.15, -0.1) is 0 Å². The molecule has 9 heteroatoms. The zero-order valence-electron chi connectivity index (χ0n) is 19.9. The van der Waals surface area contributed by atoms with Crippen LogP contribution >= 0.6 is 23.2 Å². The molecule has 2 rings (SSSR count). The first-order chi connectivity index (χ1) is 16.3. The normalized spacial score (nSPS) is 12.0. The third kappa shape index (κ3) is 8.22. The van der Waals surface area contributed by atoms with Gasteiger partial charge in [-0.2, -0.15) is 5.10 Å². The van der Waals surface area contributed by atoms with E-state index < -0.39 is 17.9 Å². The predicted molar refractivity (Wildman–Crippen MR) is 136 cm³/mol. The highest BCUT2D eigenvalue weighted by molar-refractivity contribution is 6.36. The molecule has 0 saturated heterocycles. The lowest BCUT2D eigenvalue weighted by atomic mass is 10.0. The zero-order valence-corrected chi connectivity index (χ0v) is 21.4. The lowest BCUT2D eigenvalue weighted by Crippen LogP contribution is -2.48. The molecular formula is C25H31Cl2N3O4. The molecule has 0 saturated carbocycles. The molecule has 2 aromatic carbocycles. The number of carbonyl (C=O) groups excluding carboxylic acids is 2. The highest BCUT2D eigenvalue weighted by atomic mass is 35.5. The summed E-state index contributed by atoms with van der Waals surface area (Å²) in [5.74, 6) is 0.170. The number of hydrazone groups is 1. The molecule has 184 valence electrons. The summed E-state index contributed by atoms with van der Waals surface area (Å²) >= 11 is 12.0. The molecule has 0 aromatic heterocycles. The average Bonchev–Trinajstić information content (AvgIpc) is 2.78. The van der Waals surface area contributed by atoms with Crippen LogP contribution in [0.5, 0.6) is 11.5 Å². The van der Waals surface area contributed by atoms with Gasteiger partial charge in [-0.3, -0.25) is 9.59 Å². The van der Waals surface area contributed by atoms with Gasteiger partial charge in [0.05, 0.1) is 30.0 Å². The van der Waals surface area contributed by atoms with Crippen molar-refractivity contribution < 1.29 is 19.1 Å². The predicted octanol–water partition coefficient (Wildman–Crippen LogP) is 5.48. The summed E-state index contributed by atoms with van der Waals surface area (Å²) < 4.78 is 11.4. The van der Waals surface area contributed by atoms with Crippen LogP contribution in [0.1, 0.15) is 56.5 Å². The fourth-order valence-electron chi connectivity index (χ4n) is 2.99. The molecule has 0 aliphatic rings. The van der Waals surface area contributed by atoms with Gasteiger partial charge in [0.2, 0.25) is 0 Å². The minimum atomic E-state index is -0.815. The molecule has 34 heavy (non-hydrogen) atoms. The van der Waals surface area contributed by atoms with E-state index in [0.29, 0.717) is 29.7 Å². The summed E-state index contributed by atoms with van der Waals surface area (Å²) in [5.41, 5.74) is 3.45. The average molecular weight is 508 g/mol. The van der Waals surface area contributed by atoms with Crippen LogP contribution in [0.2, 0.25) is 10.0 Å². The van der Waals surface area contributed by atoms with Gasteiger partial charge in [-0.1, -0.05) is 50.4 Å². The summed E-state index contributed by atoms with van der Waals surface area (Å²) in [6.07, 6.45) is 3.50. The van der Waals surface area contributed by atoms with Crippen molar-refractivity contribution in [3.8, 4) is 11.5 Å². The number of unbranched alkanes of at least 4 members (excludes halogenated alkanes) is 1. The molecule has 2 amide bonds. The van der Waals surface area contributed by atoms with E-state index in [1.54, 1.807) is 12.1 Å². The molecule has 0 heterocycles. The van der Waals surface area contributed by atoms with Gasteiger partial charge in [0.1, 0.15) is 6.04 Å². The number of benzene rings is 2. The van der Waals surface area contributed by atoms with Crippen molar-refractivity contribution in [3.63, 3.8) is 0 Å². The molecule has 7 nitrogen and oxygen atoms in total. The van der Waals surface area contributed by atoms with Crippen molar-refractivity contribution in [3.05, 3.63) is 57.6 Å². The molecular weight excluding hydrogens is 477 g/mol. The second-order valence-electron chi connectivity index (χ2n) is 7.89. The minimum Gasteiger partial charge on any atom is -0.490 e. The van der Waals surface area contributed by atoms with E-state index in [2.05, 4.69) is 22.8 Å². The second-order valence-corrected chi connectivity index (χ2v) is 8.74. The van der Waals surface area contributed by atoms with Crippen LogP contribution in [-0.2, 0) is 4.79 Å². The Bertz CT molecular complexity index is 1010. The number of hydrogen-bond acceptors (Lipinski definition) is 5. The Morgan fingerprint density at radius 2 is 1.82 bits per heavy atom. The number of carbonyl (C=O) groups is 2. The first kappa shape index (κ1) is 27.5. The molecule has 0 bridgehead atoms. The Morgan fingerprint density at radius 1 is 1.06 bits per heavy atom. The summed E-state index contributed by atoms with van der Waals surface area (Å²) in [7, 11) is 0. The molecule has 0 radical (unpaired) electrons. The third-order valence-electron chi connectivity index (χ3n) is 4.82. The maximum absolute atomic E-state index is 12.7. The summed E-state index contributed by atoms with van der Waals surface area (Å²) in [4.78, 5) is 25.3. The maximum atomic E-state index is 12.7. The molecule has 0 spiro atoms. The zero-order chi connectivity index (χ0) is 25.1. The van der Waals surface area contributed by atoms with E-state index in [9.17, 15) is 9.59 Å². The van der Waals surface area contributed by atoms with Crippen molar-refractivity contribution in [2.24, 2.45) is 11.0 Å². The highest BCUT2D eigenvalue weighted by Crippen LogP contribution is 2.28. The fraction of sp³-hybridized carbons (Fsp3) is 0.400. The SMILES string of the molecule is CCCCOc1ccc(C=NNC(=O)C(NC(=O)c2ccc(Cl)cc2Cl)C(C)C)cc1OCC. The monoisotopic (exact) mass is 507 g/mol. The minimum absolute atomic E-state index is 0.186. The van der Waals surface area contributed by atoms with Crippen LogP contribution in [0.25, 0.3) is 0 Å². The molecule has 0 aliphatic heterocycles. The summed E-state index contributed by atoms with van der Waals surface area (Å²) in [6.45, 7) is 8.75. The van der Waals surface area contributed by atoms with Gasteiger partial charge in [0, 0.05) is 5.02 Å². The summed E-state index contributed by atoms with van der Waals surface area (Å²) in [5, 5.41) is 7.38. The summed E-state index contributed by atoms with van der Waals surface area (Å²) in [6, 6.07) is 9.17. The Kier molecular flexibility index (Phi) is 11.2. The Labute approximate surface area is 210 Å². The molecule has 2 N–H and O–H groups in total. The third-order valence-corrected chi connectivity index (χ3v) is 5.37. The van der Waals surface area contributed by atoms with E-state index in [4.69, 9.17) is 32.7 Å². The van der Waals surface area contributed by atoms with Crippen molar-refractivity contribution in [2.75, 3.05) is 13.2 Å². The molecule has 0 fully saturated rings. The number of rotatable bonds is 12. The van der Waals surface area contributed by atoms with Gasteiger partial charge in [-0.05, 0) is 61.2 Å². The van der Waals surface area contributed by atoms with Crippen LogP contribution in [-0.4, -0.2) is 37.3 Å². The van der Waals surface area contributed by atoms with Crippen molar-refractivity contribution in [2.45, 2.75) is 46.6 Å². The quantitative estimate of drug-likeness (QED) is 0.226. The number of amides is 2. The first-order valence-corrected chi connectivity index (χ1v) is 12.0. The molecule has 2 aromatic rings. The van der Waals surface area contributed by atoms with Crippen LogP contribution in [0, 0.1) is 5.92 Å². The first-order valence-electron chi connectivity index (χ1n) is 11.2. The molecule has 0 aliphatic carbocycles. The van der Waals surface area contributed by atoms with Crippen molar-refractivity contribution in [1.82, 2.24) is 10.7 Å². The van der Waals surface area contributed by atoms with Crippen LogP contribution in [0.3, 0.4) is 0 Å². The second kappa shape index (κ2) is 13.8. The van der Waals surface area contributed by atoms with Gasteiger partial charge < -0.3 is 14.8 Å². The van der Waals surface area contributed by atoms with Gasteiger partial charge in [0.25, 0.3) is 11.8 Å². The lowest BCUT2D eigenvalue weighted by molar-refractivity contribution is -0.123. The number of halogens is 2. The highest BCUT2D eigenvalue weighted by Gasteiger charge is 2.25. The van der Waals surface area contributed by atoms with Gasteiger partial charge in [-0.25, -0.2) is 5.43 Å². The van der Waals surface area contributed by atoms with Crippen LogP contribution in [0.15, 0.2) is 41.5 Å². The van der Waals surface area contributed by atoms with Gasteiger partial charge >= 0.3 is 0 Å². The number of ether oxygens (including phenoxy) is 2. The smallest absolute Gasteiger partial charge is 0.262 e. The Balaban J connectivity index is 2.05. The fourth-order valence-corrected chi connectivity index (χ4v) is 3.48. The molecule has 1 atom stereocenters. The largest absolute Gasteiger partial charge is 0.490 e. The van der Waals surface area contributed by atoms with E-state index >= 15 is 0 Å². The van der Waals surface area contributed by atoms with E-state index in [-0.39, 0.29) is 16.5 Å². The van der Waals surface area contributed by atoms with E-state index in [1.165, 1.54) is 18.3 Å².